The van der Waals surface area contributed by atoms with E-state index in [-0.39, 0.29) is 17.9 Å². The number of amides is 1. The number of carbonyl (C=O) groups is 2. The Morgan fingerprint density at radius 2 is 1.83 bits per heavy atom. The van der Waals surface area contributed by atoms with E-state index in [9.17, 15) is 9.59 Å². The van der Waals surface area contributed by atoms with Crippen LogP contribution in [0.15, 0.2) is 18.2 Å². The zero-order valence-electron chi connectivity index (χ0n) is 17.5. The zero-order chi connectivity index (χ0) is 21.1. The Morgan fingerprint density at radius 1 is 1.14 bits per heavy atom. The van der Waals surface area contributed by atoms with E-state index in [1.54, 1.807) is 13.8 Å². The molecule has 7 nitrogen and oxygen atoms in total. The molecule has 0 unspecified atom stereocenters. The van der Waals surface area contributed by atoms with Crippen LogP contribution in [0.4, 0.5) is 0 Å². The lowest BCUT2D eigenvalue weighted by atomic mass is 9.95. The van der Waals surface area contributed by atoms with Gasteiger partial charge in [0.05, 0.1) is 31.9 Å². The minimum Gasteiger partial charge on any atom is -0.490 e. The summed E-state index contributed by atoms with van der Waals surface area (Å²) in [5.74, 6) is 0.823. The van der Waals surface area contributed by atoms with E-state index < -0.39 is 5.97 Å². The van der Waals surface area contributed by atoms with Crippen LogP contribution in [-0.4, -0.2) is 37.2 Å². The Morgan fingerprint density at radius 3 is 2.48 bits per heavy atom. The highest BCUT2D eigenvalue weighted by Crippen LogP contribution is 2.34. The van der Waals surface area contributed by atoms with Gasteiger partial charge in [-0.25, -0.2) is 4.79 Å². The summed E-state index contributed by atoms with van der Waals surface area (Å²) < 4.78 is 16.3. The number of aromatic amines is 1. The molecule has 0 saturated heterocycles. The number of ether oxygens (including phenoxy) is 3. The number of carbonyl (C=O) groups excluding carboxylic acids is 2. The first-order valence-electron chi connectivity index (χ1n) is 9.81. The van der Waals surface area contributed by atoms with E-state index in [2.05, 4.69) is 10.3 Å². The molecular formula is C22H28N2O5. The maximum absolute atomic E-state index is 13.0. The predicted octanol–water partition coefficient (Wildman–Crippen LogP) is 3.71. The Balaban J connectivity index is 1.88. The number of nitrogens with one attached hydrogen (secondary N) is 2. The minimum atomic E-state index is -0.460. The number of esters is 1. The molecular weight excluding hydrogens is 372 g/mol. The molecule has 0 fully saturated rings. The molecule has 1 aromatic carbocycles. The van der Waals surface area contributed by atoms with Gasteiger partial charge in [-0.2, -0.15) is 0 Å². The smallest absolute Gasteiger partial charge is 0.339 e. The number of fused-ring (bicyclic) bond motifs is 1. The van der Waals surface area contributed by atoms with E-state index >= 15 is 0 Å². The summed E-state index contributed by atoms with van der Waals surface area (Å²) in [5.41, 5.74) is 2.88. The lowest BCUT2D eigenvalue weighted by Crippen LogP contribution is -2.32. The van der Waals surface area contributed by atoms with Gasteiger partial charge in [0.2, 0.25) is 0 Å². The fourth-order valence-electron chi connectivity index (χ4n) is 3.61. The van der Waals surface area contributed by atoms with E-state index in [1.807, 2.05) is 32.0 Å². The van der Waals surface area contributed by atoms with Crippen molar-refractivity contribution in [2.75, 3.05) is 20.3 Å². The second kappa shape index (κ2) is 8.59. The molecule has 2 aromatic rings. The van der Waals surface area contributed by atoms with Crippen LogP contribution in [0.25, 0.3) is 0 Å². The van der Waals surface area contributed by atoms with Gasteiger partial charge in [0.15, 0.2) is 11.5 Å². The monoisotopic (exact) mass is 400 g/mol. The van der Waals surface area contributed by atoms with Gasteiger partial charge in [-0.1, -0.05) is 19.9 Å². The average molecular weight is 400 g/mol. The Kier molecular flexibility index (Phi) is 6.15. The molecule has 1 amide bonds. The first-order valence-corrected chi connectivity index (χ1v) is 9.81. The molecule has 1 aliphatic heterocycles. The second-order valence-corrected chi connectivity index (χ2v) is 7.57. The van der Waals surface area contributed by atoms with E-state index in [0.717, 1.165) is 17.7 Å². The molecule has 1 aromatic heterocycles. The van der Waals surface area contributed by atoms with Crippen LogP contribution >= 0.6 is 0 Å². The molecule has 3 rings (SSSR count). The standard InChI is InChI=1S/C22H28N2O5/c1-12(2)19(15-7-8-16-17(11-15)29-10-6-9-28-16)24-21(25)20-13(3)18(14(4)23-20)22(26)27-5/h7-8,11-12,19,23H,6,9-10H2,1-5H3,(H,24,25)/t19-/m0/s1. The van der Waals surface area contributed by atoms with Gasteiger partial charge in [0, 0.05) is 12.1 Å². The van der Waals surface area contributed by atoms with Crippen LogP contribution in [0.3, 0.4) is 0 Å². The second-order valence-electron chi connectivity index (χ2n) is 7.57. The van der Waals surface area contributed by atoms with Crippen molar-refractivity contribution < 1.29 is 23.8 Å². The fraction of sp³-hybridized carbons (Fsp3) is 0.455. The Hall–Kier alpha value is -2.96. The number of aryl methyl sites for hydroxylation is 1. The molecule has 7 heteroatoms. The van der Waals surface area contributed by atoms with Crippen molar-refractivity contribution in [1.29, 1.82) is 0 Å². The van der Waals surface area contributed by atoms with E-state index in [1.165, 1.54) is 7.11 Å². The third-order valence-electron chi connectivity index (χ3n) is 5.14. The highest BCUT2D eigenvalue weighted by Gasteiger charge is 2.26. The summed E-state index contributed by atoms with van der Waals surface area (Å²) in [6, 6.07) is 5.53. The molecule has 1 aliphatic rings. The molecule has 0 aliphatic carbocycles. The molecule has 1 atom stereocenters. The van der Waals surface area contributed by atoms with Gasteiger partial charge >= 0.3 is 5.97 Å². The van der Waals surface area contributed by atoms with Crippen LogP contribution in [0, 0.1) is 19.8 Å². The molecule has 0 saturated carbocycles. The lowest BCUT2D eigenvalue weighted by Gasteiger charge is -2.24. The van der Waals surface area contributed by atoms with Gasteiger partial charge in [-0.05, 0) is 43.0 Å². The first-order chi connectivity index (χ1) is 13.8. The number of methoxy groups -OCH3 is 1. The summed E-state index contributed by atoms with van der Waals surface area (Å²) in [7, 11) is 1.33. The van der Waals surface area contributed by atoms with Crippen LogP contribution in [0.5, 0.6) is 11.5 Å². The van der Waals surface area contributed by atoms with Crippen molar-refractivity contribution in [2.24, 2.45) is 5.92 Å². The Bertz CT molecular complexity index is 916. The van der Waals surface area contributed by atoms with Crippen molar-refractivity contribution >= 4 is 11.9 Å². The molecule has 0 radical (unpaired) electrons. The van der Waals surface area contributed by atoms with Crippen molar-refractivity contribution in [3.8, 4) is 11.5 Å². The summed E-state index contributed by atoms with van der Waals surface area (Å²) in [4.78, 5) is 28.1. The van der Waals surface area contributed by atoms with Crippen LogP contribution in [-0.2, 0) is 4.74 Å². The highest BCUT2D eigenvalue weighted by atomic mass is 16.5. The Labute approximate surface area is 170 Å². The van der Waals surface area contributed by atoms with Crippen LogP contribution in [0.1, 0.15) is 64.0 Å². The van der Waals surface area contributed by atoms with E-state index in [0.29, 0.717) is 41.5 Å². The molecule has 156 valence electrons. The van der Waals surface area contributed by atoms with Gasteiger partial charge in [0.25, 0.3) is 5.91 Å². The van der Waals surface area contributed by atoms with Crippen LogP contribution < -0.4 is 14.8 Å². The number of rotatable bonds is 5. The normalized spacial score (nSPS) is 14.3. The quantitative estimate of drug-likeness (QED) is 0.747. The SMILES string of the molecule is COC(=O)c1c(C)[nH]c(C(=O)N[C@H](c2ccc3c(c2)OCCCO3)C(C)C)c1C. The van der Waals surface area contributed by atoms with E-state index in [4.69, 9.17) is 14.2 Å². The summed E-state index contributed by atoms with van der Waals surface area (Å²) in [6.07, 6.45) is 0.836. The largest absolute Gasteiger partial charge is 0.490 e. The van der Waals surface area contributed by atoms with Crippen molar-refractivity contribution in [1.82, 2.24) is 10.3 Å². The van der Waals surface area contributed by atoms with Gasteiger partial charge in [0.1, 0.15) is 5.69 Å². The van der Waals surface area contributed by atoms with Gasteiger partial charge in [-0.3, -0.25) is 4.79 Å². The molecule has 2 heterocycles. The maximum Gasteiger partial charge on any atom is 0.339 e. The lowest BCUT2D eigenvalue weighted by molar-refractivity contribution is 0.0599. The first kappa shape index (κ1) is 20.8. The maximum atomic E-state index is 13.0. The number of hydrogen-bond acceptors (Lipinski definition) is 5. The highest BCUT2D eigenvalue weighted by molar-refractivity contribution is 6.00. The number of hydrogen-bond donors (Lipinski definition) is 2. The average Bonchev–Trinajstić information content (AvgIpc) is 2.85. The molecule has 2 N–H and O–H groups in total. The number of H-pyrrole nitrogens is 1. The molecule has 0 spiro atoms. The summed E-state index contributed by atoms with van der Waals surface area (Å²) in [6.45, 7) is 8.81. The van der Waals surface area contributed by atoms with Crippen molar-refractivity contribution in [2.45, 2.75) is 40.2 Å². The zero-order valence-corrected chi connectivity index (χ0v) is 17.5. The number of aromatic nitrogens is 1. The van der Waals surface area contributed by atoms with Gasteiger partial charge < -0.3 is 24.5 Å². The van der Waals surface area contributed by atoms with Crippen molar-refractivity contribution in [3.63, 3.8) is 0 Å². The van der Waals surface area contributed by atoms with Crippen molar-refractivity contribution in [3.05, 3.63) is 46.3 Å². The summed E-state index contributed by atoms with van der Waals surface area (Å²) in [5, 5.41) is 3.09. The third-order valence-corrected chi connectivity index (χ3v) is 5.14. The minimum absolute atomic E-state index is 0.139. The van der Waals surface area contributed by atoms with Crippen LogP contribution in [0.2, 0.25) is 0 Å². The number of benzene rings is 1. The topological polar surface area (TPSA) is 89.7 Å². The third kappa shape index (κ3) is 4.23. The predicted molar refractivity (Wildman–Crippen MR) is 109 cm³/mol. The molecule has 0 bridgehead atoms. The molecule has 29 heavy (non-hydrogen) atoms. The van der Waals surface area contributed by atoms with Gasteiger partial charge in [-0.15, -0.1) is 0 Å². The summed E-state index contributed by atoms with van der Waals surface area (Å²) >= 11 is 0. The fourth-order valence-corrected chi connectivity index (χ4v) is 3.61.